The molecule has 0 spiro atoms. The number of Topliss-reactive ketones (excluding diaryl/α,β-unsaturated/α-hetero) is 1. The fourth-order valence-electron chi connectivity index (χ4n) is 7.05. The van der Waals surface area contributed by atoms with Crippen LogP contribution in [-0.4, -0.2) is 74.3 Å². The summed E-state index contributed by atoms with van der Waals surface area (Å²) in [6, 6.07) is 0. The van der Waals surface area contributed by atoms with E-state index in [1.165, 1.54) is 19.1 Å². The summed E-state index contributed by atoms with van der Waals surface area (Å²) in [6.07, 6.45) is 2.65. The van der Waals surface area contributed by atoms with Gasteiger partial charge in [-0.1, -0.05) is 32.9 Å². The van der Waals surface area contributed by atoms with Gasteiger partial charge < -0.3 is 29.9 Å². The van der Waals surface area contributed by atoms with E-state index in [0.29, 0.717) is 11.1 Å². The van der Waals surface area contributed by atoms with Gasteiger partial charge in [-0.05, 0) is 60.5 Å². The zero-order chi connectivity index (χ0) is 31.0. The van der Waals surface area contributed by atoms with Crippen LogP contribution in [0.1, 0.15) is 50.8 Å². The van der Waals surface area contributed by atoms with Crippen LogP contribution in [0.5, 0.6) is 0 Å². The molecule has 220 valence electrons. The molecule has 1 fully saturated rings. The lowest BCUT2D eigenvalue weighted by Gasteiger charge is -2.64. The third-order valence-corrected chi connectivity index (χ3v) is 8.97. The van der Waals surface area contributed by atoms with Gasteiger partial charge in [0.15, 0.2) is 17.5 Å². The first kappa shape index (κ1) is 31.7. The zero-order valence-corrected chi connectivity index (χ0v) is 23.9. The molecule has 41 heavy (non-hydrogen) atoms. The minimum atomic E-state index is -2.34. The molecule has 0 unspecified atom stereocenters. The van der Waals surface area contributed by atoms with Gasteiger partial charge in [-0.25, -0.2) is 4.79 Å². The molecule has 1 saturated carbocycles. The highest BCUT2D eigenvalue weighted by atomic mass is 16.6. The number of aliphatic hydroxyl groups is 4. The monoisotopic (exact) mass is 566 g/mol. The van der Waals surface area contributed by atoms with Gasteiger partial charge in [0, 0.05) is 33.5 Å². The molecule has 0 aromatic carbocycles. The predicted octanol–water partition coefficient (Wildman–Crippen LogP) is 0.938. The number of fused-ring (bicyclic) bond motifs is 3. The number of carbonyl (C=O) groups excluding carboxylic acids is 3. The molecule has 3 aliphatic rings. The van der Waals surface area contributed by atoms with Crippen LogP contribution in [0.25, 0.3) is 0 Å². The summed E-state index contributed by atoms with van der Waals surface area (Å²) in [6.45, 7) is 8.25. The van der Waals surface area contributed by atoms with Crippen LogP contribution >= 0.6 is 0 Å². The maximum Gasteiger partial charge on any atom is 0.385 e. The molecule has 0 aromatic heterocycles. The van der Waals surface area contributed by atoms with Gasteiger partial charge in [-0.2, -0.15) is 0 Å². The molecule has 0 radical (unpaired) electrons. The minimum absolute atomic E-state index is 0. The molecule has 0 heterocycles. The SMILES string of the molecule is C#CC#CC#CC#CC(=O)O[C@H]1[C@]2(OC(C)=O)[C@H](CO)[C@H](O)C=C[C@@]2(C)C(=O)[C@H](C)C2=C(C)[C@@H](O)C[C@]1(O)C2(C)C.[HH].[HH]. The lowest BCUT2D eigenvalue weighted by Crippen LogP contribution is -2.79. The van der Waals surface area contributed by atoms with Crippen LogP contribution in [0.4, 0.5) is 0 Å². The minimum Gasteiger partial charge on any atom is -0.453 e. The van der Waals surface area contributed by atoms with Crippen LogP contribution in [-0.2, 0) is 23.9 Å². The molecular weight excluding hydrogens is 528 g/mol. The molecule has 3 aliphatic carbocycles. The van der Waals surface area contributed by atoms with Crippen molar-refractivity contribution in [3.8, 4) is 47.9 Å². The topological polar surface area (TPSA) is 151 Å². The van der Waals surface area contributed by atoms with E-state index in [4.69, 9.17) is 15.9 Å². The van der Waals surface area contributed by atoms with Gasteiger partial charge >= 0.3 is 11.9 Å². The van der Waals surface area contributed by atoms with Crippen molar-refractivity contribution in [3.63, 3.8) is 0 Å². The highest BCUT2D eigenvalue weighted by molar-refractivity contribution is 5.94. The average Bonchev–Trinajstić information content (AvgIpc) is 2.89. The molecule has 4 N–H and O–H groups in total. The van der Waals surface area contributed by atoms with Gasteiger partial charge in [-0.3, -0.25) is 9.59 Å². The standard InChI is InChI=1S/C32H34O9.2H2/c1-8-9-10-11-12-13-14-25(37)40-28-31(39)17-24(36)19(2)26(29(31,5)6)20(3)27(38)30(7)16-15-23(35)22(18-33)32(28,30)41-21(4)34;;/h1,15-16,20,22-24,28,33,35-36,39H,17-18H2,2-7H3;2*1H/t20-,22-,23-,24+,28-,30+,31-,32-;;/m1../s1. The summed E-state index contributed by atoms with van der Waals surface area (Å²) in [7, 11) is 0. The van der Waals surface area contributed by atoms with E-state index in [-0.39, 0.29) is 9.27 Å². The molecule has 8 atom stereocenters. The third-order valence-electron chi connectivity index (χ3n) is 8.97. The second kappa shape index (κ2) is 11.2. The Morgan fingerprint density at radius 1 is 1.15 bits per heavy atom. The molecule has 3 rings (SSSR count). The van der Waals surface area contributed by atoms with Gasteiger partial charge in [0.1, 0.15) is 5.60 Å². The maximum absolute atomic E-state index is 14.5. The third kappa shape index (κ3) is 4.76. The Morgan fingerprint density at radius 3 is 2.34 bits per heavy atom. The first-order valence-corrected chi connectivity index (χ1v) is 13.1. The molecule has 9 heteroatoms. The van der Waals surface area contributed by atoms with Crippen LogP contribution in [0.2, 0.25) is 0 Å². The first-order valence-electron chi connectivity index (χ1n) is 13.1. The number of terminal acetylenes is 1. The van der Waals surface area contributed by atoms with E-state index in [9.17, 15) is 34.8 Å². The predicted molar refractivity (Wildman–Crippen MR) is 151 cm³/mol. The number of carbonyl (C=O) groups is 3. The molecule has 0 amide bonds. The number of hydrogen-bond acceptors (Lipinski definition) is 9. The maximum atomic E-state index is 14.5. The van der Waals surface area contributed by atoms with Crippen LogP contribution < -0.4 is 0 Å². The molecule has 0 aliphatic heterocycles. The van der Waals surface area contributed by atoms with Gasteiger partial charge in [0.25, 0.3) is 0 Å². The normalized spacial score (nSPS) is 36.7. The van der Waals surface area contributed by atoms with Crippen LogP contribution in [0, 0.1) is 70.5 Å². The Hall–Kier alpha value is -3.83. The van der Waals surface area contributed by atoms with E-state index in [2.05, 4.69) is 41.4 Å². The Labute approximate surface area is 243 Å². The largest absolute Gasteiger partial charge is 0.453 e. The molecule has 0 saturated heterocycles. The van der Waals surface area contributed by atoms with Crippen molar-refractivity contribution >= 4 is 17.7 Å². The summed E-state index contributed by atoms with van der Waals surface area (Å²) in [4.78, 5) is 40.4. The Bertz CT molecular complexity index is 1450. The van der Waals surface area contributed by atoms with Crippen molar-refractivity contribution in [2.75, 3.05) is 6.61 Å². The number of esters is 2. The summed E-state index contributed by atoms with van der Waals surface area (Å²) in [5.74, 6) is 10.8. The second-order valence-electron chi connectivity index (χ2n) is 11.4. The summed E-state index contributed by atoms with van der Waals surface area (Å²) in [5, 5.41) is 45.4. The number of hydrogen-bond donors (Lipinski definition) is 4. The van der Waals surface area contributed by atoms with Crippen molar-refractivity contribution in [2.24, 2.45) is 22.7 Å². The Morgan fingerprint density at radius 2 is 1.76 bits per heavy atom. The van der Waals surface area contributed by atoms with E-state index in [0.717, 1.165) is 6.92 Å². The highest BCUT2D eigenvalue weighted by Crippen LogP contribution is 2.63. The lowest BCUT2D eigenvalue weighted by molar-refractivity contribution is -0.286. The van der Waals surface area contributed by atoms with Gasteiger partial charge in [-0.15, -0.1) is 6.42 Å². The summed E-state index contributed by atoms with van der Waals surface area (Å²) >= 11 is 0. The molecular formula is C32H38O9. The van der Waals surface area contributed by atoms with E-state index in [1.807, 2.05) is 0 Å². The van der Waals surface area contributed by atoms with Crippen LogP contribution in [0.15, 0.2) is 23.3 Å². The Balaban J connectivity index is 0.00000462. The second-order valence-corrected chi connectivity index (χ2v) is 11.4. The number of ether oxygens (including phenoxy) is 2. The van der Waals surface area contributed by atoms with E-state index >= 15 is 0 Å². The highest BCUT2D eigenvalue weighted by Gasteiger charge is 2.76. The van der Waals surface area contributed by atoms with Gasteiger partial charge in [0.2, 0.25) is 0 Å². The molecule has 0 aromatic rings. The summed E-state index contributed by atoms with van der Waals surface area (Å²) < 4.78 is 11.8. The quantitative estimate of drug-likeness (QED) is 0.169. The smallest absolute Gasteiger partial charge is 0.385 e. The fraction of sp³-hybridized carbons (Fsp3) is 0.531. The fourth-order valence-corrected chi connectivity index (χ4v) is 7.05. The van der Waals surface area contributed by atoms with Crippen molar-refractivity contribution in [1.82, 2.24) is 0 Å². The number of aliphatic hydroxyl groups excluding tert-OH is 3. The molecule has 2 bridgehead atoms. The van der Waals surface area contributed by atoms with E-state index < -0.39 is 76.5 Å². The van der Waals surface area contributed by atoms with Crippen molar-refractivity contribution in [2.45, 2.75) is 77.5 Å². The zero-order valence-electron chi connectivity index (χ0n) is 23.9. The molecule has 9 nitrogen and oxygen atoms in total. The van der Waals surface area contributed by atoms with E-state index in [1.54, 1.807) is 27.7 Å². The summed E-state index contributed by atoms with van der Waals surface area (Å²) in [5.41, 5.74) is -6.80. The van der Waals surface area contributed by atoms with Crippen molar-refractivity contribution in [3.05, 3.63) is 23.3 Å². The van der Waals surface area contributed by atoms with Crippen LogP contribution in [0.3, 0.4) is 0 Å². The first-order chi connectivity index (χ1) is 19.1. The Kier molecular flexibility index (Phi) is 8.67. The number of rotatable bonds is 3. The lowest BCUT2D eigenvalue weighted by atomic mass is 9.45. The van der Waals surface area contributed by atoms with Gasteiger partial charge in [0.05, 0.1) is 30.1 Å². The van der Waals surface area contributed by atoms with Crippen molar-refractivity contribution in [1.29, 1.82) is 0 Å². The average molecular weight is 567 g/mol. The van der Waals surface area contributed by atoms with Crippen molar-refractivity contribution < 1.29 is 47.1 Å². The number of ketones is 1.